The van der Waals surface area contributed by atoms with Crippen molar-refractivity contribution < 1.29 is 9.84 Å². The van der Waals surface area contributed by atoms with Gasteiger partial charge in [0.25, 0.3) is 0 Å². The van der Waals surface area contributed by atoms with Crippen LogP contribution in [0.1, 0.15) is 45.6 Å². The Morgan fingerprint density at radius 3 is 2.59 bits per heavy atom. The van der Waals surface area contributed by atoms with Gasteiger partial charge in [-0.2, -0.15) is 0 Å². The second-order valence-electron chi connectivity index (χ2n) is 9.57. The summed E-state index contributed by atoms with van der Waals surface area (Å²) in [5.41, 5.74) is 2.49. The fourth-order valence-electron chi connectivity index (χ4n) is 4.99. The summed E-state index contributed by atoms with van der Waals surface area (Å²) in [5, 5.41) is 11.4. The highest BCUT2D eigenvalue weighted by molar-refractivity contribution is 6.30. The first kappa shape index (κ1) is 22.9. The van der Waals surface area contributed by atoms with Crippen LogP contribution in [0.25, 0.3) is 0 Å². The van der Waals surface area contributed by atoms with Crippen molar-refractivity contribution in [3.63, 3.8) is 0 Å². The van der Waals surface area contributed by atoms with E-state index < -0.39 is 6.10 Å². The summed E-state index contributed by atoms with van der Waals surface area (Å²) in [7, 11) is 0. The molecule has 0 amide bonds. The zero-order valence-corrected chi connectivity index (χ0v) is 19.4. The molecule has 1 aromatic rings. The molecule has 4 atom stereocenters. The zero-order chi connectivity index (χ0) is 21.0. The highest BCUT2D eigenvalue weighted by Crippen LogP contribution is 2.35. The monoisotopic (exact) mass is 422 g/mol. The first-order valence-electron chi connectivity index (χ1n) is 11.4. The lowest BCUT2D eigenvalue weighted by molar-refractivity contribution is -0.0740. The van der Waals surface area contributed by atoms with Gasteiger partial charge in [-0.15, -0.1) is 0 Å². The van der Waals surface area contributed by atoms with Crippen LogP contribution in [0.15, 0.2) is 18.2 Å². The molecular weight excluding hydrogens is 384 g/mol. The maximum absolute atomic E-state index is 10.6. The molecule has 1 saturated carbocycles. The highest BCUT2D eigenvalue weighted by atomic mass is 35.5. The van der Waals surface area contributed by atoms with E-state index in [1.54, 1.807) is 0 Å². The molecular formula is C24H39ClN2O2. The number of aryl methyl sites for hydroxylation is 1. The van der Waals surface area contributed by atoms with Crippen molar-refractivity contribution in [1.29, 1.82) is 0 Å². The third-order valence-electron chi connectivity index (χ3n) is 6.82. The fourth-order valence-corrected chi connectivity index (χ4v) is 5.15. The lowest BCUT2D eigenvalue weighted by Crippen LogP contribution is -2.49. The SMILES string of the molecule is Cc1ccc(Cl)cc1N1CCN(C[C@@H](O)CO[C@H]2C[C@@H](C)CC[C@@H]2C(C)C)CC1. The van der Waals surface area contributed by atoms with E-state index in [1.807, 2.05) is 6.07 Å². The third-order valence-corrected chi connectivity index (χ3v) is 7.05. The maximum Gasteiger partial charge on any atom is 0.0900 e. The van der Waals surface area contributed by atoms with Crippen LogP contribution < -0.4 is 4.90 Å². The lowest BCUT2D eigenvalue weighted by Gasteiger charge is -2.39. The minimum Gasteiger partial charge on any atom is -0.389 e. The Hall–Kier alpha value is -0.810. The van der Waals surface area contributed by atoms with Crippen molar-refractivity contribution in [1.82, 2.24) is 4.90 Å². The Labute approximate surface area is 182 Å². The van der Waals surface area contributed by atoms with Crippen molar-refractivity contribution in [2.75, 3.05) is 44.2 Å². The number of aliphatic hydroxyl groups excluding tert-OH is 1. The summed E-state index contributed by atoms with van der Waals surface area (Å²) >= 11 is 6.19. The summed E-state index contributed by atoms with van der Waals surface area (Å²) in [6.45, 7) is 14.0. The Morgan fingerprint density at radius 2 is 1.90 bits per heavy atom. The molecule has 0 unspecified atom stereocenters. The second kappa shape index (κ2) is 10.5. The van der Waals surface area contributed by atoms with Crippen LogP contribution in [-0.2, 0) is 4.74 Å². The first-order chi connectivity index (χ1) is 13.8. The quantitative estimate of drug-likeness (QED) is 0.696. The molecule has 2 fully saturated rings. The van der Waals surface area contributed by atoms with E-state index in [0.717, 1.165) is 43.5 Å². The van der Waals surface area contributed by atoms with E-state index in [2.05, 4.69) is 49.6 Å². The predicted molar refractivity (Wildman–Crippen MR) is 122 cm³/mol. The molecule has 1 N–H and O–H groups in total. The van der Waals surface area contributed by atoms with Crippen LogP contribution in [-0.4, -0.2) is 61.5 Å². The van der Waals surface area contributed by atoms with E-state index in [-0.39, 0.29) is 0 Å². The number of hydrogen-bond acceptors (Lipinski definition) is 4. The highest BCUT2D eigenvalue weighted by Gasteiger charge is 2.32. The van der Waals surface area contributed by atoms with Gasteiger partial charge in [0.2, 0.25) is 0 Å². The van der Waals surface area contributed by atoms with E-state index >= 15 is 0 Å². The Balaban J connectivity index is 1.43. The minimum absolute atomic E-state index is 0.302. The van der Waals surface area contributed by atoms with Crippen molar-refractivity contribution in [2.45, 2.75) is 59.2 Å². The van der Waals surface area contributed by atoms with Crippen molar-refractivity contribution in [2.24, 2.45) is 17.8 Å². The van der Waals surface area contributed by atoms with Crippen LogP contribution in [0, 0.1) is 24.7 Å². The molecule has 0 bridgehead atoms. The van der Waals surface area contributed by atoms with E-state index in [1.165, 1.54) is 24.1 Å². The minimum atomic E-state index is -0.417. The van der Waals surface area contributed by atoms with Gasteiger partial charge in [-0.1, -0.05) is 44.9 Å². The third kappa shape index (κ3) is 6.33. The number of nitrogens with zero attached hydrogens (tertiary/aromatic N) is 2. The first-order valence-corrected chi connectivity index (χ1v) is 11.7. The smallest absolute Gasteiger partial charge is 0.0900 e. The van der Waals surface area contributed by atoms with Crippen molar-refractivity contribution in [3.8, 4) is 0 Å². The normalized spacial score (nSPS) is 27.4. The van der Waals surface area contributed by atoms with Gasteiger partial charge < -0.3 is 14.7 Å². The van der Waals surface area contributed by atoms with Gasteiger partial charge in [0.1, 0.15) is 0 Å². The Bertz CT molecular complexity index is 646. The molecule has 29 heavy (non-hydrogen) atoms. The Kier molecular flexibility index (Phi) is 8.26. The van der Waals surface area contributed by atoms with Crippen LogP contribution >= 0.6 is 11.6 Å². The molecule has 1 aliphatic heterocycles. The molecule has 164 valence electrons. The van der Waals surface area contributed by atoms with Gasteiger partial charge in [-0.3, -0.25) is 4.90 Å². The number of anilines is 1. The largest absolute Gasteiger partial charge is 0.389 e. The van der Waals surface area contributed by atoms with Gasteiger partial charge in [0.15, 0.2) is 0 Å². The van der Waals surface area contributed by atoms with E-state index in [4.69, 9.17) is 16.3 Å². The number of rotatable bonds is 7. The standard InChI is InChI=1S/C24H39ClN2O2/c1-17(2)22-8-5-18(3)13-24(22)29-16-21(28)15-26-9-11-27(12-10-26)23-14-20(25)7-6-19(23)4/h6-7,14,17-18,21-22,24,28H,5,8-13,15-16H2,1-4H3/t18-,21+,22+,24-/m0/s1. The number of benzene rings is 1. The topological polar surface area (TPSA) is 35.9 Å². The molecule has 3 rings (SSSR count). The fraction of sp³-hybridized carbons (Fsp3) is 0.750. The van der Waals surface area contributed by atoms with Gasteiger partial charge >= 0.3 is 0 Å². The number of aliphatic hydroxyl groups is 1. The maximum atomic E-state index is 10.6. The molecule has 1 heterocycles. The zero-order valence-electron chi connectivity index (χ0n) is 18.6. The average molecular weight is 423 g/mol. The van der Waals surface area contributed by atoms with E-state index in [0.29, 0.717) is 31.1 Å². The van der Waals surface area contributed by atoms with Crippen LogP contribution in [0.4, 0.5) is 5.69 Å². The van der Waals surface area contributed by atoms with Crippen LogP contribution in [0.5, 0.6) is 0 Å². The predicted octanol–water partition coefficient (Wildman–Crippen LogP) is 4.61. The van der Waals surface area contributed by atoms with Gasteiger partial charge in [0.05, 0.1) is 18.8 Å². The number of hydrogen-bond donors (Lipinski definition) is 1. The summed E-state index contributed by atoms with van der Waals surface area (Å²) in [4.78, 5) is 4.76. The number of β-amino-alcohol motifs (C(OH)–C–C–N with tert-alkyl or cyclic N) is 1. The molecule has 0 spiro atoms. The molecule has 2 aliphatic rings. The molecule has 0 aromatic heterocycles. The summed E-state index contributed by atoms with van der Waals surface area (Å²) in [5.74, 6) is 2.01. The average Bonchev–Trinajstić information content (AvgIpc) is 2.69. The molecule has 0 radical (unpaired) electrons. The summed E-state index contributed by atoms with van der Waals surface area (Å²) in [6, 6.07) is 6.09. The summed E-state index contributed by atoms with van der Waals surface area (Å²) in [6.07, 6.45) is 3.58. The van der Waals surface area contributed by atoms with Crippen molar-refractivity contribution >= 4 is 17.3 Å². The van der Waals surface area contributed by atoms with Crippen LogP contribution in [0.2, 0.25) is 5.02 Å². The number of ether oxygens (including phenoxy) is 1. The second-order valence-corrected chi connectivity index (χ2v) is 10.0. The number of halogens is 1. The Morgan fingerprint density at radius 1 is 1.17 bits per heavy atom. The van der Waals surface area contributed by atoms with Gasteiger partial charge in [0, 0.05) is 43.4 Å². The molecule has 1 aliphatic carbocycles. The van der Waals surface area contributed by atoms with Gasteiger partial charge in [-0.05, 0) is 55.2 Å². The van der Waals surface area contributed by atoms with Gasteiger partial charge in [-0.25, -0.2) is 0 Å². The number of piperazine rings is 1. The molecule has 5 heteroatoms. The molecule has 4 nitrogen and oxygen atoms in total. The lowest BCUT2D eigenvalue weighted by atomic mass is 9.75. The van der Waals surface area contributed by atoms with Crippen LogP contribution in [0.3, 0.4) is 0 Å². The molecule has 1 aromatic carbocycles. The van der Waals surface area contributed by atoms with E-state index in [9.17, 15) is 5.11 Å². The summed E-state index contributed by atoms with van der Waals surface area (Å²) < 4.78 is 6.25. The van der Waals surface area contributed by atoms with Crippen molar-refractivity contribution in [3.05, 3.63) is 28.8 Å². The molecule has 1 saturated heterocycles.